The SMILES string of the molecule is COc1ccnc(CN2CCc3c(cc(CN=C(N)C(F)(F)F)cc3-c3cn(C)nc3C(F)(F)F)C2=O)c1. The minimum Gasteiger partial charge on any atom is -0.497 e. The zero-order valence-electron chi connectivity index (χ0n) is 20.2. The molecular formula is C24H22F6N6O2. The molecule has 3 aromatic rings. The number of benzene rings is 1. The van der Waals surface area contributed by atoms with Crippen LogP contribution in [0.3, 0.4) is 0 Å². The van der Waals surface area contributed by atoms with Gasteiger partial charge in [0.15, 0.2) is 5.69 Å². The van der Waals surface area contributed by atoms with E-state index in [1.165, 1.54) is 37.4 Å². The fourth-order valence-electron chi connectivity index (χ4n) is 4.22. The summed E-state index contributed by atoms with van der Waals surface area (Å²) in [6.45, 7) is -0.329. The van der Waals surface area contributed by atoms with Crippen molar-refractivity contribution in [1.29, 1.82) is 0 Å². The molecule has 38 heavy (non-hydrogen) atoms. The van der Waals surface area contributed by atoms with Gasteiger partial charge < -0.3 is 15.4 Å². The Balaban J connectivity index is 1.80. The Morgan fingerprint density at radius 1 is 1.13 bits per heavy atom. The molecule has 2 N–H and O–H groups in total. The highest BCUT2D eigenvalue weighted by Gasteiger charge is 2.39. The van der Waals surface area contributed by atoms with Crippen LogP contribution in [0.5, 0.6) is 5.75 Å². The first-order valence-electron chi connectivity index (χ1n) is 11.2. The van der Waals surface area contributed by atoms with E-state index in [1.807, 2.05) is 0 Å². The number of hydrogen-bond acceptors (Lipinski definition) is 5. The maximum Gasteiger partial charge on any atom is 0.448 e. The van der Waals surface area contributed by atoms with Crippen LogP contribution in [0.1, 0.15) is 32.9 Å². The van der Waals surface area contributed by atoms with Gasteiger partial charge in [-0.05, 0) is 41.3 Å². The lowest BCUT2D eigenvalue weighted by Gasteiger charge is -2.30. The molecule has 0 bridgehead atoms. The number of aromatic nitrogens is 3. The zero-order valence-corrected chi connectivity index (χ0v) is 20.2. The van der Waals surface area contributed by atoms with Crippen LogP contribution in [0.25, 0.3) is 11.1 Å². The topological polar surface area (TPSA) is 98.6 Å². The third-order valence-electron chi connectivity index (χ3n) is 5.95. The highest BCUT2D eigenvalue weighted by atomic mass is 19.4. The molecule has 2 aromatic heterocycles. The Morgan fingerprint density at radius 3 is 2.50 bits per heavy atom. The summed E-state index contributed by atoms with van der Waals surface area (Å²) in [5, 5.41) is 3.53. The highest BCUT2D eigenvalue weighted by molar-refractivity contribution is 5.99. The number of nitrogens with zero attached hydrogens (tertiary/aromatic N) is 5. The first-order chi connectivity index (χ1) is 17.8. The number of fused-ring (bicyclic) bond motifs is 1. The summed E-state index contributed by atoms with van der Waals surface area (Å²) >= 11 is 0. The van der Waals surface area contributed by atoms with Crippen molar-refractivity contribution in [2.75, 3.05) is 13.7 Å². The fraction of sp³-hybridized carbons (Fsp3) is 0.333. The number of rotatable bonds is 6. The number of amides is 1. The summed E-state index contributed by atoms with van der Waals surface area (Å²) < 4.78 is 86.1. The molecule has 0 saturated carbocycles. The predicted octanol–water partition coefficient (Wildman–Crippen LogP) is 4.13. The molecule has 0 radical (unpaired) electrons. The lowest BCUT2D eigenvalue weighted by Crippen LogP contribution is -2.37. The minimum atomic E-state index is -4.87. The van der Waals surface area contributed by atoms with E-state index >= 15 is 0 Å². The van der Waals surface area contributed by atoms with Crippen molar-refractivity contribution in [2.24, 2.45) is 17.8 Å². The van der Waals surface area contributed by atoms with Crippen molar-refractivity contribution < 1.29 is 35.9 Å². The largest absolute Gasteiger partial charge is 0.497 e. The molecule has 1 amide bonds. The third-order valence-corrected chi connectivity index (χ3v) is 5.95. The molecule has 1 aliphatic rings. The second-order valence-corrected chi connectivity index (χ2v) is 8.60. The molecule has 1 aromatic carbocycles. The number of methoxy groups -OCH3 is 1. The van der Waals surface area contributed by atoms with Crippen LogP contribution in [0.2, 0.25) is 0 Å². The van der Waals surface area contributed by atoms with Crippen LogP contribution in [-0.4, -0.2) is 51.2 Å². The summed E-state index contributed by atoms with van der Waals surface area (Å²) in [5.74, 6) is -1.57. The van der Waals surface area contributed by atoms with E-state index in [1.54, 1.807) is 12.1 Å². The summed E-state index contributed by atoms with van der Waals surface area (Å²) in [4.78, 5) is 22.5. The van der Waals surface area contributed by atoms with E-state index in [4.69, 9.17) is 10.5 Å². The van der Waals surface area contributed by atoms with E-state index in [0.29, 0.717) is 17.0 Å². The lowest BCUT2D eigenvalue weighted by molar-refractivity contribution is -0.141. The first-order valence-corrected chi connectivity index (χ1v) is 11.2. The Bertz CT molecular complexity index is 1400. The molecule has 3 heterocycles. The summed E-state index contributed by atoms with van der Waals surface area (Å²) in [6.07, 6.45) is -6.81. The second kappa shape index (κ2) is 9.99. The van der Waals surface area contributed by atoms with Crippen molar-refractivity contribution in [2.45, 2.75) is 31.9 Å². The average Bonchev–Trinajstić information content (AvgIpc) is 3.25. The van der Waals surface area contributed by atoms with E-state index < -0.39 is 36.3 Å². The van der Waals surface area contributed by atoms with Crippen LogP contribution >= 0.6 is 0 Å². The number of aryl methyl sites for hydroxylation is 1. The summed E-state index contributed by atoms with van der Waals surface area (Å²) in [6, 6.07) is 5.91. The maximum absolute atomic E-state index is 13.8. The van der Waals surface area contributed by atoms with Crippen molar-refractivity contribution in [3.63, 3.8) is 0 Å². The molecule has 0 fully saturated rings. The third kappa shape index (κ3) is 5.58. The quantitative estimate of drug-likeness (QED) is 0.288. The molecule has 0 aliphatic carbocycles. The van der Waals surface area contributed by atoms with Crippen LogP contribution < -0.4 is 10.5 Å². The van der Waals surface area contributed by atoms with Gasteiger partial charge in [0.05, 0.1) is 25.9 Å². The number of ether oxygens (including phenoxy) is 1. The standard InChI is InChI=1S/C24H22F6N6O2/c1-35-12-19(20(34-35)23(25,26)27)17-7-13(10-33-22(31)24(28,29)30)8-18-16(17)4-6-36(21(18)37)11-14-9-15(38-2)3-5-32-14/h3,5,7-9,12H,4,6,10-11H2,1-2H3,(H2,31,33). The number of pyridine rings is 1. The van der Waals surface area contributed by atoms with Crippen LogP contribution in [-0.2, 0) is 32.7 Å². The van der Waals surface area contributed by atoms with Gasteiger partial charge in [0.25, 0.3) is 5.91 Å². The molecule has 1 aliphatic heterocycles. The van der Waals surface area contributed by atoms with Gasteiger partial charge in [-0.2, -0.15) is 31.4 Å². The van der Waals surface area contributed by atoms with E-state index in [2.05, 4.69) is 15.1 Å². The Morgan fingerprint density at radius 2 is 1.84 bits per heavy atom. The molecule has 202 valence electrons. The van der Waals surface area contributed by atoms with E-state index in [9.17, 15) is 31.1 Å². The number of halogens is 6. The van der Waals surface area contributed by atoms with Crippen molar-refractivity contribution in [3.8, 4) is 16.9 Å². The molecular weight excluding hydrogens is 518 g/mol. The minimum absolute atomic E-state index is 0.0474. The van der Waals surface area contributed by atoms with Crippen molar-refractivity contribution in [1.82, 2.24) is 19.7 Å². The van der Waals surface area contributed by atoms with Crippen molar-refractivity contribution >= 4 is 11.7 Å². The monoisotopic (exact) mass is 540 g/mol. The molecule has 0 spiro atoms. The number of carbonyl (C=O) groups is 1. The average molecular weight is 540 g/mol. The number of aliphatic imine (C=N–C) groups is 1. The lowest BCUT2D eigenvalue weighted by atomic mass is 9.88. The van der Waals surface area contributed by atoms with Gasteiger partial charge in [-0.25, -0.2) is 0 Å². The number of nitrogens with two attached hydrogens (primary N) is 1. The summed E-state index contributed by atoms with van der Waals surface area (Å²) in [5.41, 5.74) is 4.58. The number of hydrogen-bond donors (Lipinski definition) is 1. The number of alkyl halides is 6. The fourth-order valence-corrected chi connectivity index (χ4v) is 4.22. The molecule has 4 rings (SSSR count). The Hall–Kier alpha value is -4.10. The zero-order chi connectivity index (χ0) is 27.8. The van der Waals surface area contributed by atoms with E-state index in [-0.39, 0.29) is 41.8 Å². The van der Waals surface area contributed by atoms with Gasteiger partial charge >= 0.3 is 12.4 Å². The molecule has 0 saturated heterocycles. The van der Waals surface area contributed by atoms with Crippen LogP contribution in [0.4, 0.5) is 26.3 Å². The maximum atomic E-state index is 13.8. The van der Waals surface area contributed by atoms with Crippen molar-refractivity contribution in [3.05, 3.63) is 64.7 Å². The van der Waals surface area contributed by atoms with Gasteiger partial charge in [-0.1, -0.05) is 0 Å². The molecule has 0 unspecified atom stereocenters. The highest BCUT2D eigenvalue weighted by Crippen LogP contribution is 2.40. The van der Waals surface area contributed by atoms with Crippen LogP contribution in [0, 0.1) is 0 Å². The normalized spacial score (nSPS) is 14.6. The van der Waals surface area contributed by atoms with Gasteiger partial charge in [0, 0.05) is 43.2 Å². The second-order valence-electron chi connectivity index (χ2n) is 8.60. The molecule has 14 heteroatoms. The Kier molecular flexibility index (Phi) is 7.08. The summed E-state index contributed by atoms with van der Waals surface area (Å²) in [7, 11) is 2.80. The van der Waals surface area contributed by atoms with E-state index in [0.717, 1.165) is 10.9 Å². The predicted molar refractivity (Wildman–Crippen MR) is 124 cm³/mol. The van der Waals surface area contributed by atoms with Gasteiger partial charge in [-0.15, -0.1) is 0 Å². The van der Waals surface area contributed by atoms with Gasteiger partial charge in [0.2, 0.25) is 5.84 Å². The smallest absolute Gasteiger partial charge is 0.448 e. The molecule has 8 nitrogen and oxygen atoms in total. The Labute approximate surface area is 212 Å². The van der Waals surface area contributed by atoms with Crippen LogP contribution in [0.15, 0.2) is 41.7 Å². The molecule has 0 atom stereocenters. The van der Waals surface area contributed by atoms with Gasteiger partial charge in [0.1, 0.15) is 5.75 Å². The first kappa shape index (κ1) is 26.9. The van der Waals surface area contributed by atoms with Gasteiger partial charge in [-0.3, -0.25) is 19.5 Å². The number of carbonyl (C=O) groups excluding carboxylic acids is 1. The number of amidine groups is 1.